The number of rotatable bonds is 4. The largest absolute Gasteiger partial charge is 0.387 e. The molecule has 1 aromatic carbocycles. The summed E-state index contributed by atoms with van der Waals surface area (Å²) in [6.45, 7) is 4.71. The van der Waals surface area contributed by atoms with Crippen LogP contribution in [-0.4, -0.2) is 17.7 Å². The monoisotopic (exact) mass is 283 g/mol. The molecule has 0 amide bonds. The molecule has 20 heavy (non-hydrogen) atoms. The maximum absolute atomic E-state index is 13.6. The average Bonchev–Trinajstić information content (AvgIpc) is 2.38. The molecule has 0 heterocycles. The number of halogens is 2. The zero-order chi connectivity index (χ0) is 14.7. The Labute approximate surface area is 119 Å². The van der Waals surface area contributed by atoms with Crippen LogP contribution < -0.4 is 5.32 Å². The molecule has 2 nitrogen and oxygen atoms in total. The molecule has 0 spiro atoms. The summed E-state index contributed by atoms with van der Waals surface area (Å²) in [5.41, 5.74) is 0.0226. The molecule has 0 radical (unpaired) electrons. The molecule has 1 fully saturated rings. The van der Waals surface area contributed by atoms with Crippen LogP contribution in [0.1, 0.15) is 44.8 Å². The van der Waals surface area contributed by atoms with Crippen molar-refractivity contribution in [2.45, 2.75) is 45.3 Å². The van der Waals surface area contributed by atoms with Gasteiger partial charge >= 0.3 is 0 Å². The van der Waals surface area contributed by atoms with E-state index in [1.807, 2.05) is 0 Å². The Hall–Kier alpha value is -1.00. The van der Waals surface area contributed by atoms with Gasteiger partial charge in [-0.1, -0.05) is 13.8 Å². The van der Waals surface area contributed by atoms with Gasteiger partial charge in [-0.25, -0.2) is 8.78 Å². The third-order valence-corrected chi connectivity index (χ3v) is 4.10. The van der Waals surface area contributed by atoms with Crippen LogP contribution in [0.5, 0.6) is 0 Å². The van der Waals surface area contributed by atoms with Crippen LogP contribution in [-0.2, 0) is 0 Å². The summed E-state index contributed by atoms with van der Waals surface area (Å²) in [5, 5.41) is 13.3. The Bertz CT molecular complexity index is 442. The van der Waals surface area contributed by atoms with E-state index in [2.05, 4.69) is 19.2 Å². The molecule has 0 aromatic heterocycles. The first-order valence-corrected chi connectivity index (χ1v) is 7.32. The lowest BCUT2D eigenvalue weighted by molar-refractivity contribution is 0.151. The highest BCUT2D eigenvalue weighted by molar-refractivity contribution is 5.21. The van der Waals surface area contributed by atoms with Crippen molar-refractivity contribution in [3.8, 4) is 0 Å². The first-order chi connectivity index (χ1) is 9.45. The third-order valence-electron chi connectivity index (χ3n) is 4.10. The van der Waals surface area contributed by atoms with E-state index in [0.717, 1.165) is 31.0 Å². The Balaban J connectivity index is 1.91. The van der Waals surface area contributed by atoms with Crippen LogP contribution in [0, 0.1) is 23.5 Å². The summed E-state index contributed by atoms with van der Waals surface area (Å²) >= 11 is 0. The fourth-order valence-corrected chi connectivity index (χ4v) is 3.27. The third kappa shape index (κ3) is 4.00. The van der Waals surface area contributed by atoms with Crippen LogP contribution in [0.2, 0.25) is 0 Å². The Morgan fingerprint density at radius 1 is 1.20 bits per heavy atom. The molecule has 0 saturated heterocycles. The maximum atomic E-state index is 13.6. The zero-order valence-corrected chi connectivity index (χ0v) is 12.1. The molecule has 2 N–H and O–H groups in total. The molecular formula is C16H23F2NO. The highest BCUT2D eigenvalue weighted by Gasteiger charge is 2.24. The van der Waals surface area contributed by atoms with Crippen LogP contribution in [0.4, 0.5) is 8.78 Å². The van der Waals surface area contributed by atoms with Crippen molar-refractivity contribution in [1.29, 1.82) is 0 Å². The van der Waals surface area contributed by atoms with Crippen molar-refractivity contribution < 1.29 is 13.9 Å². The van der Waals surface area contributed by atoms with Crippen molar-refractivity contribution >= 4 is 0 Å². The Morgan fingerprint density at radius 2 is 1.85 bits per heavy atom. The lowest BCUT2D eigenvalue weighted by Crippen LogP contribution is -2.38. The highest BCUT2D eigenvalue weighted by atomic mass is 19.1. The number of benzene rings is 1. The number of nitrogens with one attached hydrogen (secondary N) is 1. The van der Waals surface area contributed by atoms with Gasteiger partial charge in [0, 0.05) is 18.2 Å². The summed E-state index contributed by atoms with van der Waals surface area (Å²) in [6.07, 6.45) is 2.36. The Kier molecular flexibility index (Phi) is 5.11. The summed E-state index contributed by atoms with van der Waals surface area (Å²) in [4.78, 5) is 0. The van der Waals surface area contributed by atoms with Gasteiger partial charge in [-0.2, -0.15) is 0 Å². The Morgan fingerprint density at radius 3 is 2.50 bits per heavy atom. The summed E-state index contributed by atoms with van der Waals surface area (Å²) in [6, 6.07) is 3.52. The van der Waals surface area contributed by atoms with E-state index in [0.29, 0.717) is 17.9 Å². The van der Waals surface area contributed by atoms with Crippen molar-refractivity contribution in [1.82, 2.24) is 5.32 Å². The molecular weight excluding hydrogens is 260 g/mol. The molecule has 3 unspecified atom stereocenters. The molecule has 3 atom stereocenters. The first-order valence-electron chi connectivity index (χ1n) is 7.32. The molecule has 4 heteroatoms. The number of aliphatic hydroxyl groups excluding tert-OH is 1. The van der Waals surface area contributed by atoms with Gasteiger partial charge in [-0.15, -0.1) is 0 Å². The minimum atomic E-state index is -1.02. The molecule has 0 aliphatic heterocycles. The first kappa shape index (κ1) is 15.4. The number of hydrogen-bond acceptors (Lipinski definition) is 2. The minimum absolute atomic E-state index is 0.0226. The van der Waals surface area contributed by atoms with Gasteiger partial charge in [0.2, 0.25) is 0 Å². The second-order valence-corrected chi connectivity index (χ2v) is 6.20. The minimum Gasteiger partial charge on any atom is -0.387 e. The van der Waals surface area contributed by atoms with Crippen molar-refractivity contribution in [2.75, 3.05) is 6.54 Å². The molecule has 2 rings (SSSR count). The lowest BCUT2D eigenvalue weighted by atomic mass is 9.80. The van der Waals surface area contributed by atoms with E-state index in [4.69, 9.17) is 0 Å². The summed E-state index contributed by atoms with van der Waals surface area (Å²) in [7, 11) is 0. The highest BCUT2D eigenvalue weighted by Crippen LogP contribution is 2.29. The van der Waals surface area contributed by atoms with Crippen molar-refractivity contribution in [2.24, 2.45) is 11.8 Å². The second kappa shape index (κ2) is 6.64. The quantitative estimate of drug-likeness (QED) is 0.887. The van der Waals surface area contributed by atoms with Crippen LogP contribution in [0.15, 0.2) is 18.2 Å². The standard InChI is InChI=1S/C16H23F2NO/c1-10-5-11(2)7-13(6-10)19-9-16(20)14-8-12(17)3-4-15(14)18/h3-4,8,10-11,13,16,19-20H,5-7,9H2,1-2H3. The van der Waals surface area contributed by atoms with Crippen LogP contribution >= 0.6 is 0 Å². The van der Waals surface area contributed by atoms with Gasteiger partial charge in [-0.05, 0) is 49.3 Å². The number of aliphatic hydroxyl groups is 1. The molecule has 1 aliphatic rings. The fourth-order valence-electron chi connectivity index (χ4n) is 3.27. The molecule has 1 saturated carbocycles. The van der Waals surface area contributed by atoms with Gasteiger partial charge in [0.25, 0.3) is 0 Å². The topological polar surface area (TPSA) is 32.3 Å². The van der Waals surface area contributed by atoms with Gasteiger partial charge in [0.05, 0.1) is 6.10 Å². The van der Waals surface area contributed by atoms with Crippen molar-refractivity contribution in [3.63, 3.8) is 0 Å². The summed E-state index contributed by atoms with van der Waals surface area (Å²) in [5.74, 6) is 0.241. The zero-order valence-electron chi connectivity index (χ0n) is 12.1. The molecule has 0 bridgehead atoms. The van der Waals surface area contributed by atoms with E-state index in [-0.39, 0.29) is 12.1 Å². The van der Waals surface area contributed by atoms with Gasteiger partial charge in [0.15, 0.2) is 0 Å². The van der Waals surface area contributed by atoms with Gasteiger partial charge < -0.3 is 10.4 Å². The smallest absolute Gasteiger partial charge is 0.129 e. The van der Waals surface area contributed by atoms with E-state index < -0.39 is 17.7 Å². The predicted octanol–water partition coefficient (Wildman–Crippen LogP) is 3.41. The average molecular weight is 283 g/mol. The molecule has 1 aliphatic carbocycles. The number of hydrogen-bond donors (Lipinski definition) is 2. The fraction of sp³-hybridized carbons (Fsp3) is 0.625. The summed E-state index contributed by atoms with van der Waals surface area (Å²) < 4.78 is 26.7. The van der Waals surface area contributed by atoms with E-state index in [1.165, 1.54) is 6.42 Å². The lowest BCUT2D eigenvalue weighted by Gasteiger charge is -2.32. The van der Waals surface area contributed by atoms with E-state index in [1.54, 1.807) is 0 Å². The van der Waals surface area contributed by atoms with Crippen molar-refractivity contribution in [3.05, 3.63) is 35.4 Å². The maximum Gasteiger partial charge on any atom is 0.129 e. The van der Waals surface area contributed by atoms with Gasteiger partial charge in [-0.3, -0.25) is 0 Å². The van der Waals surface area contributed by atoms with Crippen LogP contribution in [0.25, 0.3) is 0 Å². The molecule has 1 aromatic rings. The van der Waals surface area contributed by atoms with Crippen LogP contribution in [0.3, 0.4) is 0 Å². The van der Waals surface area contributed by atoms with Gasteiger partial charge in [0.1, 0.15) is 11.6 Å². The molecule has 112 valence electrons. The SMILES string of the molecule is CC1CC(C)CC(NCC(O)c2cc(F)ccc2F)C1. The normalized spacial score (nSPS) is 28.4. The van der Waals surface area contributed by atoms with E-state index in [9.17, 15) is 13.9 Å². The van der Waals surface area contributed by atoms with E-state index >= 15 is 0 Å². The second-order valence-electron chi connectivity index (χ2n) is 6.20. The predicted molar refractivity (Wildman–Crippen MR) is 75.3 cm³/mol.